The fourth-order valence-corrected chi connectivity index (χ4v) is 11.0. The number of urea groups is 1. The van der Waals surface area contributed by atoms with Crippen molar-refractivity contribution in [3.8, 4) is 5.75 Å². The maximum Gasteiger partial charge on any atom is 0.327 e. The van der Waals surface area contributed by atoms with Gasteiger partial charge in [0.2, 0.25) is 0 Å². The SMILES string of the molecule is CO[C@H]1/C=C/C[C@H](C)CS(=O)(NC(=O)NC2CC(C)(OC)C2)=NC(=O)c2ccc3c(c2)N(C[C@@H]2CC[C@H]21)C[C@@]1(CCCc2cc(Cl)ccc21)CO3. The normalized spacial score (nSPS) is 35.4. The van der Waals surface area contributed by atoms with Crippen molar-refractivity contribution in [2.45, 2.75) is 88.4 Å². The summed E-state index contributed by atoms with van der Waals surface area (Å²) in [6.45, 7) is 5.97. The summed E-state index contributed by atoms with van der Waals surface area (Å²) in [4.78, 5) is 29.5. The van der Waals surface area contributed by atoms with Crippen LogP contribution in [0, 0.1) is 17.8 Å². The van der Waals surface area contributed by atoms with E-state index in [0.29, 0.717) is 49.0 Å². The quantitative estimate of drug-likeness (QED) is 0.330. The van der Waals surface area contributed by atoms with Crippen molar-refractivity contribution in [1.29, 1.82) is 0 Å². The summed E-state index contributed by atoms with van der Waals surface area (Å²) < 4.78 is 39.6. The molecule has 0 saturated heterocycles. The van der Waals surface area contributed by atoms with Gasteiger partial charge in [-0.3, -0.25) is 9.52 Å². The third-order valence-electron chi connectivity index (χ3n) is 12.0. The molecule has 1 unspecified atom stereocenters. The maximum absolute atomic E-state index is 14.5. The number of rotatable bonds is 4. The Morgan fingerprint density at radius 1 is 1.16 bits per heavy atom. The molecule has 3 aliphatic carbocycles. The Morgan fingerprint density at radius 3 is 2.73 bits per heavy atom. The molecule has 5 aliphatic rings. The third-order valence-corrected chi connectivity index (χ3v) is 14.2. The summed E-state index contributed by atoms with van der Waals surface area (Å²) in [6, 6.07) is 10.9. The number of methoxy groups -OCH3 is 2. The number of ether oxygens (including phenoxy) is 3. The number of nitrogens with zero attached hydrogens (tertiary/aromatic N) is 2. The van der Waals surface area contributed by atoms with Gasteiger partial charge in [0, 0.05) is 49.4 Å². The van der Waals surface area contributed by atoms with Crippen LogP contribution in [-0.4, -0.2) is 73.6 Å². The molecule has 2 aromatic rings. The number of aryl methyl sites for hydroxylation is 1. The summed E-state index contributed by atoms with van der Waals surface area (Å²) in [5.74, 6) is 0.702. The van der Waals surface area contributed by atoms with E-state index < -0.39 is 21.9 Å². The Bertz CT molecular complexity index is 1820. The van der Waals surface area contributed by atoms with Gasteiger partial charge in [-0.05, 0) is 118 Å². The topological polar surface area (TPSA) is 119 Å². The van der Waals surface area contributed by atoms with Gasteiger partial charge < -0.3 is 24.4 Å². The van der Waals surface area contributed by atoms with Crippen molar-refractivity contribution in [1.82, 2.24) is 10.0 Å². The number of carbonyl (C=O) groups excluding carboxylic acids is 2. The van der Waals surface area contributed by atoms with Crippen molar-refractivity contribution in [3.63, 3.8) is 0 Å². The van der Waals surface area contributed by atoms with Crippen LogP contribution in [0.15, 0.2) is 52.9 Å². The Morgan fingerprint density at radius 2 is 1.98 bits per heavy atom. The standard InChI is InChI=1S/C39H51ClN4O6S/c1-25-7-5-9-34(48-3)31-13-10-28(31)21-44-23-39(16-6-8-26-17-29(40)12-14-32(26)39)24-50-35-15-11-27(18-33(35)44)36(45)42-51(47,22-25)43-37(46)41-30-19-38(2,20-30)49-4/h5,9,11-12,14-15,17-18,25,28,30-31,34H,6-8,10,13,16,19-24H2,1-4H3,(H2,41,42,43,45,46,47)/b9-5+/t25-,28-,30?,31+,34-,38?,39-,51?/m0/s1. The van der Waals surface area contributed by atoms with Crippen molar-refractivity contribution < 1.29 is 28.0 Å². The first-order valence-electron chi connectivity index (χ1n) is 18.3. The molecule has 51 heavy (non-hydrogen) atoms. The second kappa shape index (κ2) is 14.4. The molecule has 0 radical (unpaired) electrons. The highest BCUT2D eigenvalue weighted by Crippen LogP contribution is 2.47. The van der Waals surface area contributed by atoms with Gasteiger partial charge in [-0.2, -0.15) is 0 Å². The monoisotopic (exact) mass is 738 g/mol. The van der Waals surface area contributed by atoms with Crippen LogP contribution >= 0.6 is 11.6 Å². The Hall–Kier alpha value is -3.12. The molecule has 1 spiro atoms. The van der Waals surface area contributed by atoms with Crippen molar-refractivity contribution in [2.24, 2.45) is 22.1 Å². The lowest BCUT2D eigenvalue weighted by atomic mass is 9.68. The molecular weight excluding hydrogens is 688 g/mol. The van der Waals surface area contributed by atoms with Crippen molar-refractivity contribution >= 4 is 39.1 Å². The van der Waals surface area contributed by atoms with E-state index >= 15 is 0 Å². The first-order chi connectivity index (χ1) is 24.4. The van der Waals surface area contributed by atoms with Crippen LogP contribution in [0.4, 0.5) is 10.5 Å². The van der Waals surface area contributed by atoms with Crippen LogP contribution in [0.3, 0.4) is 0 Å². The van der Waals surface area contributed by atoms with Gasteiger partial charge >= 0.3 is 6.03 Å². The number of halogens is 1. The first kappa shape index (κ1) is 36.2. The van der Waals surface area contributed by atoms with Crippen LogP contribution in [0.5, 0.6) is 5.75 Å². The average molecular weight is 739 g/mol. The molecular formula is C39H51ClN4O6S. The van der Waals surface area contributed by atoms with Crippen LogP contribution < -0.4 is 19.7 Å². The van der Waals surface area contributed by atoms with Gasteiger partial charge in [-0.1, -0.05) is 36.7 Å². The average Bonchev–Trinajstić information content (AvgIpc) is 3.21. The predicted molar refractivity (Wildman–Crippen MR) is 200 cm³/mol. The van der Waals surface area contributed by atoms with Gasteiger partial charge in [0.05, 0.1) is 29.8 Å². The van der Waals surface area contributed by atoms with Crippen LogP contribution in [0.2, 0.25) is 5.02 Å². The number of anilines is 1. The van der Waals surface area contributed by atoms with Gasteiger partial charge in [0.25, 0.3) is 5.91 Å². The van der Waals surface area contributed by atoms with E-state index in [1.165, 1.54) is 11.1 Å². The summed E-state index contributed by atoms with van der Waals surface area (Å²) in [7, 11) is -0.0719. The molecule has 7 rings (SSSR count). The highest BCUT2D eigenvalue weighted by Gasteiger charge is 2.45. The van der Waals surface area contributed by atoms with E-state index in [1.807, 2.05) is 32.0 Å². The number of hydrogen-bond acceptors (Lipinski definition) is 7. The number of benzene rings is 2. The zero-order chi connectivity index (χ0) is 36.0. The minimum absolute atomic E-state index is 0.0206. The third kappa shape index (κ3) is 7.54. The van der Waals surface area contributed by atoms with Gasteiger partial charge in [0.1, 0.15) is 15.7 Å². The summed E-state index contributed by atoms with van der Waals surface area (Å²) in [6.07, 6.45) is 11.2. The highest BCUT2D eigenvalue weighted by atomic mass is 35.5. The molecule has 2 bridgehead atoms. The Balaban J connectivity index is 1.25. The number of carbonyl (C=O) groups is 2. The van der Waals surface area contributed by atoms with E-state index in [2.05, 4.69) is 43.6 Å². The van der Waals surface area contributed by atoms with E-state index in [0.717, 1.165) is 55.9 Å². The van der Waals surface area contributed by atoms with Gasteiger partial charge in [-0.25, -0.2) is 9.00 Å². The molecule has 2 fully saturated rings. The second-order valence-corrected chi connectivity index (χ2v) is 18.2. The second-order valence-electron chi connectivity index (χ2n) is 15.8. The fourth-order valence-electron chi connectivity index (χ4n) is 8.98. The van der Waals surface area contributed by atoms with Gasteiger partial charge in [0.15, 0.2) is 0 Å². The molecule has 2 N–H and O–H groups in total. The maximum atomic E-state index is 14.5. The number of hydrogen-bond donors (Lipinski definition) is 2. The first-order valence-corrected chi connectivity index (χ1v) is 20.4. The minimum Gasteiger partial charge on any atom is -0.490 e. The summed E-state index contributed by atoms with van der Waals surface area (Å²) in [5.41, 5.74) is 3.13. The molecule has 10 nitrogen and oxygen atoms in total. The number of amides is 3. The highest BCUT2D eigenvalue weighted by molar-refractivity contribution is 7.92. The molecule has 2 aromatic carbocycles. The van der Waals surface area contributed by atoms with E-state index in [1.54, 1.807) is 20.3 Å². The molecule has 6 atom stereocenters. The fraction of sp³-hybridized carbons (Fsp3) is 0.590. The largest absolute Gasteiger partial charge is 0.490 e. The van der Waals surface area contributed by atoms with E-state index in [9.17, 15) is 13.8 Å². The van der Waals surface area contributed by atoms with E-state index in [4.69, 9.17) is 25.8 Å². The summed E-state index contributed by atoms with van der Waals surface area (Å²) in [5, 5.41) is 3.64. The zero-order valence-corrected chi connectivity index (χ0v) is 31.7. The molecule has 0 aromatic heterocycles. The lowest BCUT2D eigenvalue weighted by molar-refractivity contribution is -0.0719. The molecule has 276 valence electrons. The minimum atomic E-state index is -3.50. The predicted octanol–water partition coefficient (Wildman–Crippen LogP) is 6.84. The summed E-state index contributed by atoms with van der Waals surface area (Å²) >= 11 is 6.46. The van der Waals surface area contributed by atoms with Crippen LogP contribution in [0.25, 0.3) is 0 Å². The Labute approximate surface area is 307 Å². The van der Waals surface area contributed by atoms with Crippen LogP contribution in [-0.2, 0) is 31.2 Å². The van der Waals surface area contributed by atoms with Gasteiger partial charge in [-0.15, -0.1) is 4.36 Å². The lowest BCUT2D eigenvalue weighted by Gasteiger charge is -2.46. The van der Waals surface area contributed by atoms with Crippen molar-refractivity contribution in [3.05, 3.63) is 70.3 Å². The molecule has 3 amide bonds. The smallest absolute Gasteiger partial charge is 0.327 e. The van der Waals surface area contributed by atoms with Crippen molar-refractivity contribution in [2.75, 3.05) is 44.6 Å². The molecule has 2 aliphatic heterocycles. The molecule has 2 heterocycles. The number of fused-ring (bicyclic) bond motifs is 4. The van der Waals surface area contributed by atoms with Crippen LogP contribution in [0.1, 0.15) is 80.3 Å². The van der Waals surface area contributed by atoms with E-state index in [-0.39, 0.29) is 34.8 Å². The Kier molecular flexibility index (Phi) is 10.2. The zero-order valence-electron chi connectivity index (χ0n) is 30.1. The number of nitrogens with one attached hydrogen (secondary N) is 2. The number of allylic oxidation sites excluding steroid dienone is 1. The molecule has 2 saturated carbocycles. The lowest BCUT2D eigenvalue weighted by Crippen LogP contribution is -2.57. The molecule has 12 heteroatoms.